The minimum Gasteiger partial charge on any atom is -0.309 e. The van der Waals surface area contributed by atoms with Crippen molar-refractivity contribution in [1.82, 2.24) is 24.5 Å². The maximum absolute atomic E-state index is 12.5. The molecule has 7 nitrogen and oxygen atoms in total. The summed E-state index contributed by atoms with van der Waals surface area (Å²) < 4.78 is 2.06. The molecule has 1 aliphatic rings. The van der Waals surface area contributed by atoms with E-state index < -0.39 is 0 Å². The lowest BCUT2D eigenvalue weighted by molar-refractivity contribution is -0.121. The molecule has 1 N–H and O–H groups in total. The van der Waals surface area contributed by atoms with Crippen molar-refractivity contribution in [3.63, 3.8) is 0 Å². The number of carbonyl (C=O) groups is 1. The minimum atomic E-state index is -0.224. The van der Waals surface area contributed by atoms with Gasteiger partial charge in [0.15, 0.2) is 5.65 Å². The quantitative estimate of drug-likeness (QED) is 0.748. The van der Waals surface area contributed by atoms with Gasteiger partial charge in [-0.2, -0.15) is 0 Å². The molecule has 1 unspecified atom stereocenters. The van der Waals surface area contributed by atoms with E-state index in [0.717, 1.165) is 37.4 Å². The number of aromatic nitrogens is 4. The molecule has 0 saturated carbocycles. The fourth-order valence-corrected chi connectivity index (χ4v) is 3.64. The molecular formula is C19H21ClN6O. The van der Waals surface area contributed by atoms with E-state index >= 15 is 0 Å². The number of likely N-dealkylation sites (tertiary alicyclic amines) is 1. The van der Waals surface area contributed by atoms with Crippen molar-refractivity contribution in [3.05, 3.63) is 53.6 Å². The molecule has 140 valence electrons. The van der Waals surface area contributed by atoms with Crippen molar-refractivity contribution in [2.24, 2.45) is 0 Å². The monoisotopic (exact) mass is 384 g/mol. The highest BCUT2D eigenvalue weighted by Gasteiger charge is 2.29. The third-order valence-corrected chi connectivity index (χ3v) is 5.36. The van der Waals surface area contributed by atoms with E-state index in [-0.39, 0.29) is 11.9 Å². The smallest absolute Gasteiger partial charge is 0.242 e. The Labute approximate surface area is 162 Å². The van der Waals surface area contributed by atoms with Crippen LogP contribution in [-0.2, 0) is 4.79 Å². The Bertz CT molecular complexity index is 933. The number of anilines is 1. The van der Waals surface area contributed by atoms with Crippen LogP contribution in [0.15, 0.2) is 42.7 Å². The number of pyridine rings is 2. The van der Waals surface area contributed by atoms with Crippen LogP contribution in [0.4, 0.5) is 5.82 Å². The van der Waals surface area contributed by atoms with Crippen molar-refractivity contribution < 1.29 is 4.79 Å². The molecule has 0 radical (unpaired) electrons. The van der Waals surface area contributed by atoms with Crippen LogP contribution in [0.25, 0.3) is 5.65 Å². The number of fused-ring (bicyclic) bond motifs is 1. The standard InChI is InChI=1S/C19H21ClN6O/c1-13(19(27)22-16-6-5-15(20)12-21-16)25-10-7-14(8-11-25)18-24-23-17-4-2-3-9-26(17)18/h2-6,9,12-14H,7-8,10-11H2,1H3,(H,21,22,27). The highest BCUT2D eigenvalue weighted by atomic mass is 35.5. The van der Waals surface area contributed by atoms with Crippen LogP contribution in [0.3, 0.4) is 0 Å². The van der Waals surface area contributed by atoms with Crippen LogP contribution in [0.5, 0.6) is 0 Å². The number of carbonyl (C=O) groups excluding carboxylic acids is 1. The first kappa shape index (κ1) is 17.9. The summed E-state index contributed by atoms with van der Waals surface area (Å²) in [5.41, 5.74) is 0.873. The molecule has 4 rings (SSSR count). The predicted molar refractivity (Wildman–Crippen MR) is 104 cm³/mol. The number of rotatable bonds is 4. The Morgan fingerprint density at radius 2 is 2.04 bits per heavy atom. The van der Waals surface area contributed by atoms with Gasteiger partial charge in [0.2, 0.25) is 5.91 Å². The molecule has 27 heavy (non-hydrogen) atoms. The summed E-state index contributed by atoms with van der Waals surface area (Å²) in [5.74, 6) is 1.82. The zero-order chi connectivity index (χ0) is 18.8. The molecule has 0 aromatic carbocycles. The summed E-state index contributed by atoms with van der Waals surface area (Å²) in [6.07, 6.45) is 5.43. The maximum atomic E-state index is 12.5. The van der Waals surface area contributed by atoms with E-state index in [1.807, 2.05) is 31.3 Å². The Hall–Kier alpha value is -2.51. The van der Waals surface area contributed by atoms with Crippen LogP contribution in [0.2, 0.25) is 5.02 Å². The van der Waals surface area contributed by atoms with Crippen LogP contribution < -0.4 is 5.32 Å². The van der Waals surface area contributed by atoms with Crippen LogP contribution in [-0.4, -0.2) is 49.5 Å². The second kappa shape index (κ2) is 7.62. The number of halogens is 1. The zero-order valence-corrected chi connectivity index (χ0v) is 15.8. The average Bonchev–Trinajstić information content (AvgIpc) is 3.13. The third-order valence-electron chi connectivity index (χ3n) is 5.14. The molecule has 0 bridgehead atoms. The van der Waals surface area contributed by atoms with E-state index in [1.54, 1.807) is 12.1 Å². The van der Waals surface area contributed by atoms with E-state index in [4.69, 9.17) is 11.6 Å². The Kier molecular flexibility index (Phi) is 5.05. The largest absolute Gasteiger partial charge is 0.309 e. The molecule has 1 aliphatic heterocycles. The highest BCUT2D eigenvalue weighted by molar-refractivity contribution is 6.30. The van der Waals surface area contributed by atoms with Gasteiger partial charge in [-0.15, -0.1) is 10.2 Å². The van der Waals surface area contributed by atoms with E-state index in [1.165, 1.54) is 6.20 Å². The molecule has 1 saturated heterocycles. The lowest BCUT2D eigenvalue weighted by Crippen LogP contribution is -2.46. The van der Waals surface area contributed by atoms with Crippen LogP contribution >= 0.6 is 11.6 Å². The number of hydrogen-bond donors (Lipinski definition) is 1. The van der Waals surface area contributed by atoms with Gasteiger partial charge in [-0.05, 0) is 57.1 Å². The molecule has 1 atom stereocenters. The van der Waals surface area contributed by atoms with Crippen LogP contribution in [0, 0.1) is 0 Å². The summed E-state index contributed by atoms with van der Waals surface area (Å²) in [5, 5.41) is 12.0. The first-order valence-corrected chi connectivity index (χ1v) is 9.46. The van der Waals surface area contributed by atoms with Gasteiger partial charge in [-0.1, -0.05) is 17.7 Å². The molecule has 8 heteroatoms. The SMILES string of the molecule is CC(C(=O)Nc1ccc(Cl)cn1)N1CCC(c2nnc3ccccn23)CC1. The maximum Gasteiger partial charge on any atom is 0.242 e. The summed E-state index contributed by atoms with van der Waals surface area (Å²) in [4.78, 5) is 18.8. The van der Waals surface area contributed by atoms with Gasteiger partial charge in [-0.3, -0.25) is 14.1 Å². The lowest BCUT2D eigenvalue weighted by Gasteiger charge is -2.34. The fraction of sp³-hybridized carbons (Fsp3) is 0.368. The molecule has 0 aliphatic carbocycles. The van der Waals surface area contributed by atoms with Gasteiger partial charge in [-0.25, -0.2) is 4.98 Å². The van der Waals surface area contributed by atoms with E-state index in [2.05, 4.69) is 29.8 Å². The van der Waals surface area contributed by atoms with Gasteiger partial charge < -0.3 is 5.32 Å². The second-order valence-electron chi connectivity index (χ2n) is 6.82. The van der Waals surface area contributed by atoms with Gasteiger partial charge >= 0.3 is 0 Å². The van der Waals surface area contributed by atoms with E-state index in [0.29, 0.717) is 16.8 Å². The minimum absolute atomic E-state index is 0.0591. The zero-order valence-electron chi connectivity index (χ0n) is 15.0. The molecule has 4 heterocycles. The normalized spacial score (nSPS) is 17.1. The number of nitrogens with one attached hydrogen (secondary N) is 1. The molecule has 0 spiro atoms. The topological polar surface area (TPSA) is 75.4 Å². The van der Waals surface area contributed by atoms with E-state index in [9.17, 15) is 4.79 Å². The highest BCUT2D eigenvalue weighted by Crippen LogP contribution is 2.28. The lowest BCUT2D eigenvalue weighted by atomic mass is 9.95. The first-order chi connectivity index (χ1) is 13.1. The summed E-state index contributed by atoms with van der Waals surface area (Å²) in [6.45, 7) is 3.61. The number of amides is 1. The molecule has 1 amide bonds. The van der Waals surface area contributed by atoms with Gasteiger partial charge in [0.05, 0.1) is 11.1 Å². The van der Waals surface area contributed by atoms with Crippen molar-refractivity contribution in [2.45, 2.75) is 31.7 Å². The predicted octanol–water partition coefficient (Wildman–Crippen LogP) is 2.98. The molecular weight excluding hydrogens is 364 g/mol. The first-order valence-electron chi connectivity index (χ1n) is 9.08. The average molecular weight is 385 g/mol. The fourth-order valence-electron chi connectivity index (χ4n) is 3.53. The number of piperidine rings is 1. The number of nitrogens with zero attached hydrogens (tertiary/aromatic N) is 5. The summed E-state index contributed by atoms with van der Waals surface area (Å²) in [7, 11) is 0. The van der Waals surface area contributed by atoms with Crippen molar-refractivity contribution >= 4 is 29.0 Å². The van der Waals surface area contributed by atoms with Crippen molar-refractivity contribution in [3.8, 4) is 0 Å². The van der Waals surface area contributed by atoms with Crippen molar-refractivity contribution in [1.29, 1.82) is 0 Å². The molecule has 3 aromatic heterocycles. The summed E-state index contributed by atoms with van der Waals surface area (Å²) >= 11 is 5.83. The Morgan fingerprint density at radius 1 is 1.22 bits per heavy atom. The van der Waals surface area contributed by atoms with Gasteiger partial charge in [0.1, 0.15) is 11.6 Å². The molecule has 3 aromatic rings. The van der Waals surface area contributed by atoms with Crippen molar-refractivity contribution in [2.75, 3.05) is 18.4 Å². The second-order valence-corrected chi connectivity index (χ2v) is 7.26. The summed E-state index contributed by atoms with van der Waals surface area (Å²) in [6, 6.07) is 9.11. The third kappa shape index (κ3) is 3.79. The molecule has 1 fully saturated rings. The number of hydrogen-bond acceptors (Lipinski definition) is 5. The van der Waals surface area contributed by atoms with Crippen LogP contribution in [0.1, 0.15) is 31.5 Å². The van der Waals surface area contributed by atoms with Gasteiger partial charge in [0, 0.05) is 18.3 Å². The Balaban J connectivity index is 1.37. The van der Waals surface area contributed by atoms with Gasteiger partial charge in [0.25, 0.3) is 0 Å². The Morgan fingerprint density at radius 3 is 2.78 bits per heavy atom.